The van der Waals surface area contributed by atoms with Crippen LogP contribution in [-0.2, 0) is 27.9 Å². The molecular weight excluding hydrogens is 734 g/mol. The molecule has 0 saturated carbocycles. The minimum Gasteiger partial charge on any atom is -0.457 e. The molecule has 0 spiro atoms. The van der Waals surface area contributed by atoms with Crippen molar-refractivity contribution in [2.75, 3.05) is 33.0 Å². The molecule has 8 nitrogen and oxygen atoms in total. The van der Waals surface area contributed by atoms with E-state index in [1.54, 1.807) is 0 Å². The quantitative estimate of drug-likeness (QED) is 0.0270. The van der Waals surface area contributed by atoms with Crippen LogP contribution in [0.3, 0.4) is 0 Å². The second kappa shape index (κ2) is 46.1. The summed E-state index contributed by atoms with van der Waals surface area (Å²) in [6.07, 6.45) is 52.1. The molecule has 3 N–H and O–H groups in total. The maximum Gasteiger partial charge on any atom is 0.472 e. The van der Waals surface area contributed by atoms with E-state index in [0.29, 0.717) is 13.0 Å². The van der Waals surface area contributed by atoms with Gasteiger partial charge in [0.15, 0.2) is 0 Å². The van der Waals surface area contributed by atoms with Crippen LogP contribution in [0.2, 0.25) is 0 Å². The molecule has 9 heteroatoms. The van der Waals surface area contributed by atoms with E-state index in [1.165, 1.54) is 180 Å². The Kier molecular flexibility index (Phi) is 45.2. The van der Waals surface area contributed by atoms with Crippen molar-refractivity contribution in [2.24, 2.45) is 5.73 Å². The fourth-order valence-electron chi connectivity index (χ4n) is 7.03. The molecule has 0 aromatic heterocycles. The molecule has 0 radical (unpaired) electrons. The Morgan fingerprint density at radius 2 is 0.930 bits per heavy atom. The van der Waals surface area contributed by atoms with Gasteiger partial charge in [-0.15, -0.1) is 0 Å². The van der Waals surface area contributed by atoms with Gasteiger partial charge < -0.3 is 20.1 Å². The zero-order chi connectivity index (χ0) is 41.6. The van der Waals surface area contributed by atoms with Gasteiger partial charge in [0, 0.05) is 19.6 Å². The van der Waals surface area contributed by atoms with Gasteiger partial charge in [0.25, 0.3) is 0 Å². The van der Waals surface area contributed by atoms with Crippen molar-refractivity contribution in [1.82, 2.24) is 0 Å². The Morgan fingerprint density at radius 3 is 1.37 bits per heavy atom. The number of hydrogen-bond acceptors (Lipinski definition) is 7. The molecule has 0 rings (SSSR count). The van der Waals surface area contributed by atoms with E-state index in [9.17, 15) is 14.3 Å². The third kappa shape index (κ3) is 45.9. The molecule has 338 valence electrons. The molecule has 0 aromatic rings. The van der Waals surface area contributed by atoms with Crippen molar-refractivity contribution < 1.29 is 32.8 Å². The van der Waals surface area contributed by atoms with Crippen LogP contribution in [0.4, 0.5) is 0 Å². The first-order chi connectivity index (χ1) is 27.9. The lowest BCUT2D eigenvalue weighted by molar-refractivity contribution is -0.154. The van der Waals surface area contributed by atoms with Gasteiger partial charge in [-0.25, -0.2) is 4.57 Å². The minimum absolute atomic E-state index is 0.0928. The highest BCUT2D eigenvalue weighted by Gasteiger charge is 2.25. The molecule has 2 unspecified atom stereocenters. The number of allylic oxidation sites excluding steroid dienone is 4. The van der Waals surface area contributed by atoms with Crippen LogP contribution in [0, 0.1) is 0 Å². The molecule has 0 aliphatic rings. The summed E-state index contributed by atoms with van der Waals surface area (Å²) in [6.45, 7) is 4.95. The normalized spacial score (nSPS) is 13.5. The largest absolute Gasteiger partial charge is 0.472 e. The Morgan fingerprint density at radius 1 is 0.526 bits per heavy atom. The Balaban J connectivity index is 3.85. The SMILES string of the molecule is CCCCCCC/C=C\C/C=C\CCCCCCCCCCCCCCCCOCC(COP(=O)(O)OCCN)OC(=O)CCCCCCCCCCCCCC. The molecule has 0 aliphatic carbocycles. The van der Waals surface area contributed by atoms with Crippen LogP contribution in [-0.4, -0.2) is 49.9 Å². The highest BCUT2D eigenvalue weighted by molar-refractivity contribution is 7.47. The lowest BCUT2D eigenvalue weighted by Crippen LogP contribution is -2.28. The van der Waals surface area contributed by atoms with Gasteiger partial charge in [0.1, 0.15) is 6.10 Å². The van der Waals surface area contributed by atoms with E-state index in [4.69, 9.17) is 24.3 Å². The molecule has 0 amide bonds. The number of phosphoric ester groups is 1. The molecule has 0 bridgehead atoms. The fraction of sp³-hybridized carbons (Fsp3) is 0.896. The molecule has 2 atom stereocenters. The summed E-state index contributed by atoms with van der Waals surface area (Å²) in [6, 6.07) is 0. The standard InChI is InChI=1S/C48H94NO7P/c1-3-5-7-9-11-13-15-17-18-19-20-21-22-23-24-25-26-27-28-29-30-32-34-36-38-40-43-53-45-47(46-55-57(51,52)54-44-42-49)56-48(50)41-39-37-35-33-31-16-14-12-10-8-6-4-2/h15,17,19-20,47H,3-14,16,18,21-46,49H2,1-2H3,(H,51,52)/b17-15-,20-19-. The predicted octanol–water partition coefficient (Wildman–Crippen LogP) is 14.8. The summed E-state index contributed by atoms with van der Waals surface area (Å²) >= 11 is 0. The number of carbonyl (C=O) groups excluding carboxylic acids is 1. The van der Waals surface area contributed by atoms with Gasteiger partial charge in [-0.3, -0.25) is 13.8 Å². The number of rotatable bonds is 47. The average molecular weight is 828 g/mol. The Hall–Kier alpha value is -1.02. The first kappa shape index (κ1) is 56.0. The van der Waals surface area contributed by atoms with Crippen LogP contribution in [0.15, 0.2) is 24.3 Å². The lowest BCUT2D eigenvalue weighted by Gasteiger charge is -2.20. The summed E-state index contributed by atoms with van der Waals surface area (Å²) in [5, 5.41) is 0. The highest BCUT2D eigenvalue weighted by atomic mass is 31.2. The van der Waals surface area contributed by atoms with Crippen molar-refractivity contribution in [1.29, 1.82) is 0 Å². The van der Waals surface area contributed by atoms with Crippen LogP contribution >= 0.6 is 7.82 Å². The van der Waals surface area contributed by atoms with E-state index in [0.717, 1.165) is 38.5 Å². The number of ether oxygens (including phenoxy) is 2. The van der Waals surface area contributed by atoms with Crippen LogP contribution in [0.1, 0.15) is 239 Å². The molecule has 0 fully saturated rings. The van der Waals surface area contributed by atoms with Gasteiger partial charge in [0.05, 0.1) is 19.8 Å². The maximum atomic E-state index is 12.6. The second-order valence-electron chi connectivity index (χ2n) is 16.3. The Labute approximate surface area is 353 Å². The van der Waals surface area contributed by atoms with Crippen LogP contribution in [0.25, 0.3) is 0 Å². The number of nitrogens with two attached hydrogens (primary N) is 1. The van der Waals surface area contributed by atoms with Crippen molar-refractivity contribution >= 4 is 13.8 Å². The van der Waals surface area contributed by atoms with Gasteiger partial charge in [-0.05, 0) is 44.9 Å². The van der Waals surface area contributed by atoms with E-state index < -0.39 is 13.9 Å². The first-order valence-electron chi connectivity index (χ1n) is 24.3. The number of hydrogen-bond donors (Lipinski definition) is 2. The van der Waals surface area contributed by atoms with Crippen LogP contribution in [0.5, 0.6) is 0 Å². The minimum atomic E-state index is -4.27. The smallest absolute Gasteiger partial charge is 0.457 e. The third-order valence-electron chi connectivity index (χ3n) is 10.6. The fourth-order valence-corrected chi connectivity index (χ4v) is 7.79. The lowest BCUT2D eigenvalue weighted by atomic mass is 10.0. The Bertz CT molecular complexity index is 930. The molecule has 0 aromatic carbocycles. The number of phosphoric acid groups is 1. The zero-order valence-corrected chi connectivity index (χ0v) is 38.5. The topological polar surface area (TPSA) is 117 Å². The first-order valence-corrected chi connectivity index (χ1v) is 25.8. The highest BCUT2D eigenvalue weighted by Crippen LogP contribution is 2.43. The summed E-state index contributed by atoms with van der Waals surface area (Å²) in [7, 11) is -4.27. The summed E-state index contributed by atoms with van der Waals surface area (Å²) in [5.41, 5.74) is 5.38. The van der Waals surface area contributed by atoms with E-state index in [2.05, 4.69) is 38.2 Å². The monoisotopic (exact) mass is 828 g/mol. The maximum absolute atomic E-state index is 12.6. The summed E-state index contributed by atoms with van der Waals surface area (Å²) in [4.78, 5) is 22.5. The zero-order valence-electron chi connectivity index (χ0n) is 37.6. The van der Waals surface area contributed by atoms with E-state index in [1.807, 2.05) is 0 Å². The number of unbranched alkanes of at least 4 members (excludes halogenated alkanes) is 30. The molecule has 57 heavy (non-hydrogen) atoms. The average Bonchev–Trinajstić information content (AvgIpc) is 3.20. The molecule has 0 saturated heterocycles. The van der Waals surface area contributed by atoms with Gasteiger partial charge in [-0.1, -0.05) is 212 Å². The summed E-state index contributed by atoms with van der Waals surface area (Å²) < 4.78 is 33.5. The third-order valence-corrected chi connectivity index (χ3v) is 11.6. The van der Waals surface area contributed by atoms with Crippen molar-refractivity contribution in [2.45, 2.75) is 245 Å². The second-order valence-corrected chi connectivity index (χ2v) is 17.8. The van der Waals surface area contributed by atoms with Crippen LogP contribution < -0.4 is 5.73 Å². The molecule has 0 heterocycles. The number of esters is 1. The molecular formula is C48H94NO7P. The van der Waals surface area contributed by atoms with Gasteiger partial charge in [-0.2, -0.15) is 0 Å². The van der Waals surface area contributed by atoms with Crippen molar-refractivity contribution in [3.63, 3.8) is 0 Å². The van der Waals surface area contributed by atoms with Gasteiger partial charge >= 0.3 is 13.8 Å². The van der Waals surface area contributed by atoms with Crippen molar-refractivity contribution in [3.8, 4) is 0 Å². The van der Waals surface area contributed by atoms with E-state index in [-0.39, 0.29) is 32.3 Å². The van der Waals surface area contributed by atoms with Crippen molar-refractivity contribution in [3.05, 3.63) is 24.3 Å². The molecule has 0 aliphatic heterocycles. The van der Waals surface area contributed by atoms with E-state index >= 15 is 0 Å². The van der Waals surface area contributed by atoms with Gasteiger partial charge in [0.2, 0.25) is 0 Å². The predicted molar refractivity (Wildman–Crippen MR) is 243 cm³/mol. The number of carbonyl (C=O) groups is 1. The summed E-state index contributed by atoms with van der Waals surface area (Å²) in [5.74, 6) is -0.327.